The van der Waals surface area contributed by atoms with E-state index in [-0.39, 0.29) is 6.04 Å². The molecule has 2 saturated heterocycles. The number of likely N-dealkylation sites (tertiary alicyclic amines) is 2. The van der Waals surface area contributed by atoms with E-state index in [1.54, 1.807) is 0 Å². The van der Waals surface area contributed by atoms with Crippen LogP contribution in [-0.2, 0) is 7.05 Å². The van der Waals surface area contributed by atoms with Crippen LogP contribution in [0, 0.1) is 5.92 Å². The first-order valence-corrected chi connectivity index (χ1v) is 7.80. The number of nitrogens with zero attached hydrogens (tertiary/aromatic N) is 4. The molecule has 2 fully saturated rings. The van der Waals surface area contributed by atoms with Crippen molar-refractivity contribution in [2.45, 2.75) is 31.3 Å². The highest BCUT2D eigenvalue weighted by molar-refractivity contribution is 5.10. The van der Waals surface area contributed by atoms with Crippen molar-refractivity contribution in [3.8, 4) is 0 Å². The topological polar surface area (TPSA) is 50.3 Å². The van der Waals surface area contributed by atoms with Crippen LogP contribution in [0.1, 0.15) is 30.9 Å². The lowest BCUT2D eigenvalue weighted by Gasteiger charge is -2.46. The summed E-state index contributed by atoms with van der Waals surface area (Å²) < 4.78 is 1.83. The van der Waals surface area contributed by atoms with Crippen LogP contribution in [0.15, 0.2) is 12.4 Å². The largest absolute Gasteiger partial charge is 0.323 e. The molecule has 20 heavy (non-hydrogen) atoms. The molecule has 3 atom stereocenters. The van der Waals surface area contributed by atoms with E-state index in [4.69, 9.17) is 5.73 Å². The second kappa shape index (κ2) is 5.84. The number of hydrogen-bond acceptors (Lipinski definition) is 4. The zero-order chi connectivity index (χ0) is 14.1. The van der Waals surface area contributed by atoms with Gasteiger partial charge in [0.2, 0.25) is 0 Å². The van der Waals surface area contributed by atoms with Gasteiger partial charge in [0.25, 0.3) is 0 Å². The molecule has 5 nitrogen and oxygen atoms in total. The maximum absolute atomic E-state index is 6.33. The normalized spacial score (nSPS) is 30.1. The van der Waals surface area contributed by atoms with E-state index in [1.807, 2.05) is 24.1 Å². The van der Waals surface area contributed by atoms with E-state index in [2.05, 4.69) is 21.9 Å². The molecular formula is C15H27N5. The van der Waals surface area contributed by atoms with Crippen LogP contribution >= 0.6 is 0 Å². The van der Waals surface area contributed by atoms with Gasteiger partial charge in [-0.15, -0.1) is 0 Å². The fourth-order valence-electron chi connectivity index (χ4n) is 3.91. The maximum atomic E-state index is 6.33. The Labute approximate surface area is 121 Å². The minimum atomic E-state index is 0.0848. The van der Waals surface area contributed by atoms with Gasteiger partial charge in [-0.1, -0.05) is 0 Å². The third kappa shape index (κ3) is 2.90. The minimum Gasteiger partial charge on any atom is -0.323 e. The summed E-state index contributed by atoms with van der Waals surface area (Å²) in [6.45, 7) is 4.62. The number of fused-ring (bicyclic) bond motifs is 1. The summed E-state index contributed by atoms with van der Waals surface area (Å²) in [5.41, 5.74) is 7.48. The van der Waals surface area contributed by atoms with E-state index >= 15 is 0 Å². The van der Waals surface area contributed by atoms with Gasteiger partial charge < -0.3 is 15.5 Å². The number of aryl methyl sites for hydroxylation is 1. The Morgan fingerprint density at radius 3 is 2.95 bits per heavy atom. The summed E-state index contributed by atoms with van der Waals surface area (Å²) in [4.78, 5) is 5.12. The molecule has 0 saturated carbocycles. The van der Waals surface area contributed by atoms with Gasteiger partial charge in [-0.3, -0.25) is 4.68 Å². The van der Waals surface area contributed by atoms with E-state index < -0.39 is 0 Å². The van der Waals surface area contributed by atoms with Crippen LogP contribution in [0.25, 0.3) is 0 Å². The molecule has 2 N–H and O–H groups in total. The van der Waals surface area contributed by atoms with Crippen molar-refractivity contribution in [2.75, 3.05) is 33.2 Å². The van der Waals surface area contributed by atoms with Crippen molar-refractivity contribution in [3.63, 3.8) is 0 Å². The van der Waals surface area contributed by atoms with Crippen LogP contribution in [0.5, 0.6) is 0 Å². The molecule has 3 rings (SSSR count). The highest BCUT2D eigenvalue weighted by Crippen LogP contribution is 2.30. The monoisotopic (exact) mass is 277 g/mol. The summed E-state index contributed by atoms with van der Waals surface area (Å²) in [5.74, 6) is 0.837. The highest BCUT2D eigenvalue weighted by Gasteiger charge is 2.34. The SMILES string of the molecule is CN1CCCC2CN(CC(N)c3cnn(C)c3)CCC21. The fourth-order valence-corrected chi connectivity index (χ4v) is 3.91. The average molecular weight is 277 g/mol. The molecule has 112 valence electrons. The Kier molecular flexibility index (Phi) is 4.10. The molecule has 0 radical (unpaired) electrons. The van der Waals surface area contributed by atoms with Crippen molar-refractivity contribution in [2.24, 2.45) is 18.7 Å². The summed E-state index contributed by atoms with van der Waals surface area (Å²) in [6, 6.07) is 0.885. The van der Waals surface area contributed by atoms with Crippen molar-refractivity contribution in [1.82, 2.24) is 19.6 Å². The number of nitrogens with two attached hydrogens (primary N) is 1. The number of aromatic nitrogens is 2. The van der Waals surface area contributed by atoms with Crippen LogP contribution in [0.4, 0.5) is 0 Å². The van der Waals surface area contributed by atoms with Gasteiger partial charge in [-0.2, -0.15) is 5.10 Å². The lowest BCUT2D eigenvalue weighted by atomic mass is 9.84. The number of hydrogen-bond donors (Lipinski definition) is 1. The summed E-state index contributed by atoms with van der Waals surface area (Å²) in [5, 5.41) is 4.22. The van der Waals surface area contributed by atoms with Gasteiger partial charge in [-0.25, -0.2) is 0 Å². The molecule has 0 aromatic carbocycles. The summed E-state index contributed by atoms with van der Waals surface area (Å²) >= 11 is 0. The first-order valence-electron chi connectivity index (χ1n) is 7.80. The van der Waals surface area contributed by atoms with Gasteiger partial charge in [0.1, 0.15) is 0 Å². The third-order valence-corrected chi connectivity index (χ3v) is 5.04. The predicted octanol–water partition coefficient (Wildman–Crippen LogP) is 0.836. The molecule has 1 aromatic rings. The van der Waals surface area contributed by atoms with Gasteiger partial charge in [0.05, 0.1) is 6.20 Å². The Bertz CT molecular complexity index is 443. The van der Waals surface area contributed by atoms with E-state index in [1.165, 1.54) is 38.9 Å². The predicted molar refractivity (Wildman–Crippen MR) is 80.3 cm³/mol. The average Bonchev–Trinajstić information content (AvgIpc) is 2.86. The van der Waals surface area contributed by atoms with E-state index in [9.17, 15) is 0 Å². The van der Waals surface area contributed by atoms with Gasteiger partial charge in [0.15, 0.2) is 0 Å². The summed E-state index contributed by atoms with van der Waals surface area (Å²) in [6.07, 6.45) is 7.95. The smallest absolute Gasteiger partial charge is 0.0537 e. The number of rotatable bonds is 3. The van der Waals surface area contributed by atoms with Crippen LogP contribution in [0.3, 0.4) is 0 Å². The van der Waals surface area contributed by atoms with E-state index in [0.29, 0.717) is 0 Å². The Balaban J connectivity index is 1.57. The lowest BCUT2D eigenvalue weighted by Crippen LogP contribution is -2.53. The minimum absolute atomic E-state index is 0.0848. The molecule has 0 bridgehead atoms. The molecule has 0 spiro atoms. The van der Waals surface area contributed by atoms with Crippen LogP contribution < -0.4 is 5.73 Å². The third-order valence-electron chi connectivity index (χ3n) is 5.04. The van der Waals surface area contributed by atoms with Crippen LogP contribution in [-0.4, -0.2) is 58.8 Å². The van der Waals surface area contributed by atoms with Crippen LogP contribution in [0.2, 0.25) is 0 Å². The first kappa shape index (κ1) is 14.0. The maximum Gasteiger partial charge on any atom is 0.0537 e. The molecule has 0 aliphatic carbocycles. The van der Waals surface area contributed by atoms with Crippen molar-refractivity contribution < 1.29 is 0 Å². The molecule has 5 heteroatoms. The van der Waals surface area contributed by atoms with Crippen molar-refractivity contribution >= 4 is 0 Å². The number of piperidine rings is 2. The van der Waals surface area contributed by atoms with Crippen molar-refractivity contribution in [3.05, 3.63) is 18.0 Å². The highest BCUT2D eigenvalue weighted by atomic mass is 15.2. The second-order valence-corrected chi connectivity index (χ2v) is 6.55. The second-order valence-electron chi connectivity index (χ2n) is 6.55. The molecule has 0 amide bonds. The molecule has 3 unspecified atom stereocenters. The Hall–Kier alpha value is -0.910. The zero-order valence-corrected chi connectivity index (χ0v) is 12.7. The first-order chi connectivity index (χ1) is 9.63. The Morgan fingerprint density at radius 2 is 2.20 bits per heavy atom. The molecular weight excluding hydrogens is 250 g/mol. The van der Waals surface area contributed by atoms with Gasteiger partial charge >= 0.3 is 0 Å². The quantitative estimate of drug-likeness (QED) is 0.889. The lowest BCUT2D eigenvalue weighted by molar-refractivity contribution is 0.0364. The van der Waals surface area contributed by atoms with Crippen molar-refractivity contribution in [1.29, 1.82) is 0 Å². The standard InChI is InChI=1S/C15H27N5/c1-18-6-3-4-12-10-20(7-5-15(12)18)11-14(16)13-8-17-19(2)9-13/h8-9,12,14-15H,3-7,10-11,16H2,1-2H3. The summed E-state index contributed by atoms with van der Waals surface area (Å²) in [7, 11) is 4.23. The molecule has 1 aromatic heterocycles. The van der Waals surface area contributed by atoms with E-state index in [0.717, 1.165) is 24.1 Å². The molecule has 2 aliphatic rings. The van der Waals surface area contributed by atoms with Gasteiger partial charge in [0, 0.05) is 44.0 Å². The molecule has 3 heterocycles. The Morgan fingerprint density at radius 1 is 1.35 bits per heavy atom. The molecule has 2 aliphatic heterocycles. The fraction of sp³-hybridized carbons (Fsp3) is 0.800. The van der Waals surface area contributed by atoms with Gasteiger partial charge in [-0.05, 0) is 45.3 Å². The zero-order valence-electron chi connectivity index (χ0n) is 12.7.